The topological polar surface area (TPSA) is 114 Å². The van der Waals surface area contributed by atoms with E-state index in [0.717, 1.165) is 16.0 Å². The van der Waals surface area contributed by atoms with Gasteiger partial charge in [-0.3, -0.25) is 19.7 Å². The third kappa shape index (κ3) is 5.76. The molecule has 9 nitrogen and oxygen atoms in total. The predicted molar refractivity (Wildman–Crippen MR) is 146 cm³/mol. The maximum Gasteiger partial charge on any atom is 0.335 e. The number of para-hydroxylation sites is 2. The van der Waals surface area contributed by atoms with Crippen LogP contribution in [-0.2, 0) is 14.4 Å². The average molecular weight is 578 g/mol. The maximum absolute atomic E-state index is 13.2. The zero-order chi connectivity index (χ0) is 27.4. The van der Waals surface area contributed by atoms with E-state index in [1.54, 1.807) is 60.7 Å². The van der Waals surface area contributed by atoms with E-state index < -0.39 is 17.8 Å². The molecule has 38 heavy (non-hydrogen) atoms. The Bertz CT molecular complexity index is 1480. The summed E-state index contributed by atoms with van der Waals surface area (Å²) >= 11 is 3.40. The number of nitrogens with one attached hydrogen (secondary N) is 2. The smallest absolute Gasteiger partial charge is 0.335 e. The van der Waals surface area contributed by atoms with Gasteiger partial charge in [0.05, 0.1) is 23.0 Å². The monoisotopic (exact) mass is 577 g/mol. The molecule has 0 bridgehead atoms. The van der Waals surface area contributed by atoms with Gasteiger partial charge in [0.1, 0.15) is 17.1 Å². The summed E-state index contributed by atoms with van der Waals surface area (Å²) in [5.41, 5.74) is 3.12. The number of ether oxygens (including phenoxy) is 2. The second-order valence-electron chi connectivity index (χ2n) is 8.45. The number of aryl methyl sites for hydroxylation is 2. The Labute approximate surface area is 227 Å². The molecule has 0 atom stereocenters. The number of urea groups is 1. The molecule has 1 fully saturated rings. The molecule has 0 unspecified atom stereocenters. The predicted octanol–water partition coefficient (Wildman–Crippen LogP) is 4.76. The number of hydrogen-bond acceptors (Lipinski definition) is 6. The summed E-state index contributed by atoms with van der Waals surface area (Å²) in [4.78, 5) is 51.4. The molecule has 5 amide bonds. The third-order valence-electron chi connectivity index (χ3n) is 5.86. The van der Waals surface area contributed by atoms with Gasteiger partial charge in [-0.1, -0.05) is 24.3 Å². The lowest BCUT2D eigenvalue weighted by atomic mass is 10.1. The molecule has 0 spiro atoms. The van der Waals surface area contributed by atoms with Gasteiger partial charge in [0.2, 0.25) is 0 Å². The highest BCUT2D eigenvalue weighted by Gasteiger charge is 2.36. The zero-order valence-electron chi connectivity index (χ0n) is 20.8. The number of halogens is 1. The fourth-order valence-corrected chi connectivity index (χ4v) is 4.24. The number of nitrogens with zero attached hydrogens (tertiary/aromatic N) is 1. The van der Waals surface area contributed by atoms with Crippen LogP contribution in [0, 0.1) is 13.8 Å². The van der Waals surface area contributed by atoms with Gasteiger partial charge in [-0.05, 0) is 88.9 Å². The van der Waals surface area contributed by atoms with Crippen LogP contribution >= 0.6 is 15.9 Å². The van der Waals surface area contributed by atoms with Gasteiger partial charge >= 0.3 is 6.03 Å². The molecular weight excluding hydrogens is 554 g/mol. The Morgan fingerprint density at radius 2 is 1.76 bits per heavy atom. The van der Waals surface area contributed by atoms with Crippen LogP contribution in [0.1, 0.15) is 16.7 Å². The number of amides is 5. The fraction of sp³-hybridized carbons (Fsp3) is 0.143. The molecule has 1 aliphatic heterocycles. The van der Waals surface area contributed by atoms with Crippen LogP contribution < -0.4 is 25.0 Å². The molecule has 4 rings (SSSR count). The molecule has 0 radical (unpaired) electrons. The van der Waals surface area contributed by atoms with Crippen molar-refractivity contribution in [3.63, 3.8) is 0 Å². The molecule has 10 heteroatoms. The van der Waals surface area contributed by atoms with E-state index in [4.69, 9.17) is 9.47 Å². The fourth-order valence-electron chi connectivity index (χ4n) is 3.72. The minimum absolute atomic E-state index is 0.195. The Morgan fingerprint density at radius 3 is 2.47 bits per heavy atom. The molecule has 194 valence electrons. The summed E-state index contributed by atoms with van der Waals surface area (Å²) in [5.74, 6) is -0.989. The number of benzene rings is 3. The Morgan fingerprint density at radius 1 is 1.00 bits per heavy atom. The lowest BCUT2D eigenvalue weighted by Crippen LogP contribution is -2.54. The Kier molecular flexibility index (Phi) is 7.92. The van der Waals surface area contributed by atoms with Gasteiger partial charge in [0.15, 0.2) is 6.61 Å². The van der Waals surface area contributed by atoms with E-state index in [2.05, 4.69) is 26.6 Å². The van der Waals surface area contributed by atoms with Crippen LogP contribution in [0.2, 0.25) is 0 Å². The summed E-state index contributed by atoms with van der Waals surface area (Å²) in [7, 11) is 1.51. The minimum atomic E-state index is -0.809. The number of carbonyl (C=O) groups is 4. The first-order valence-electron chi connectivity index (χ1n) is 11.5. The number of barbiturate groups is 1. The van der Waals surface area contributed by atoms with Crippen molar-refractivity contribution in [3.8, 4) is 11.5 Å². The first-order chi connectivity index (χ1) is 18.2. The van der Waals surface area contributed by atoms with Gasteiger partial charge in [-0.25, -0.2) is 9.69 Å². The molecule has 1 heterocycles. The third-order valence-corrected chi connectivity index (χ3v) is 6.48. The van der Waals surface area contributed by atoms with Gasteiger partial charge in [-0.2, -0.15) is 0 Å². The van der Waals surface area contributed by atoms with E-state index in [9.17, 15) is 19.2 Å². The van der Waals surface area contributed by atoms with Gasteiger partial charge in [0, 0.05) is 0 Å². The summed E-state index contributed by atoms with van der Waals surface area (Å²) in [5, 5.41) is 4.94. The van der Waals surface area contributed by atoms with E-state index in [1.807, 2.05) is 13.8 Å². The number of carbonyl (C=O) groups excluding carboxylic acids is 4. The molecule has 0 aliphatic carbocycles. The highest BCUT2D eigenvalue weighted by Crippen LogP contribution is 2.29. The molecule has 2 N–H and O–H groups in total. The summed E-state index contributed by atoms with van der Waals surface area (Å²) < 4.78 is 11.3. The number of methoxy groups -OCH3 is 1. The van der Waals surface area contributed by atoms with Crippen LogP contribution in [0.5, 0.6) is 11.5 Å². The Balaban J connectivity index is 1.48. The van der Waals surface area contributed by atoms with Crippen LogP contribution in [0.15, 0.2) is 70.7 Å². The van der Waals surface area contributed by atoms with Gasteiger partial charge in [0.25, 0.3) is 17.7 Å². The maximum atomic E-state index is 13.2. The molecular formula is C28H24BrN3O6. The van der Waals surface area contributed by atoms with E-state index in [0.29, 0.717) is 32.9 Å². The lowest BCUT2D eigenvalue weighted by Gasteiger charge is -2.26. The van der Waals surface area contributed by atoms with Crippen LogP contribution in [0.3, 0.4) is 0 Å². The summed E-state index contributed by atoms with van der Waals surface area (Å²) in [6.45, 7) is 3.53. The van der Waals surface area contributed by atoms with Gasteiger partial charge in [-0.15, -0.1) is 0 Å². The van der Waals surface area contributed by atoms with Crippen molar-refractivity contribution in [1.29, 1.82) is 0 Å². The number of rotatable bonds is 7. The Hall–Kier alpha value is -4.44. The highest BCUT2D eigenvalue weighted by atomic mass is 79.9. The highest BCUT2D eigenvalue weighted by molar-refractivity contribution is 9.10. The number of anilines is 2. The second kappa shape index (κ2) is 11.3. The van der Waals surface area contributed by atoms with Gasteiger partial charge < -0.3 is 14.8 Å². The SMILES string of the molecule is COc1ccccc1NC(=O)COc1ccc(/C=C2/C(=O)NC(=O)N(c3ccc(C)c(C)c3)C2=O)cc1Br. The normalized spacial score (nSPS) is 14.4. The molecule has 1 saturated heterocycles. The largest absolute Gasteiger partial charge is 0.495 e. The second-order valence-corrected chi connectivity index (χ2v) is 9.31. The average Bonchev–Trinajstić information content (AvgIpc) is 2.88. The van der Waals surface area contributed by atoms with Crippen LogP contribution in [-0.4, -0.2) is 37.5 Å². The van der Waals surface area contributed by atoms with Crippen molar-refractivity contribution in [2.75, 3.05) is 23.9 Å². The first-order valence-corrected chi connectivity index (χ1v) is 12.3. The van der Waals surface area contributed by atoms with Crippen LogP contribution in [0.4, 0.5) is 16.2 Å². The molecule has 0 saturated carbocycles. The number of hydrogen-bond donors (Lipinski definition) is 2. The zero-order valence-corrected chi connectivity index (χ0v) is 22.4. The quantitative estimate of drug-likeness (QED) is 0.309. The van der Waals surface area contributed by atoms with E-state index in [-0.39, 0.29) is 18.1 Å². The van der Waals surface area contributed by atoms with E-state index >= 15 is 0 Å². The molecule has 0 aromatic heterocycles. The summed E-state index contributed by atoms with van der Waals surface area (Å²) in [6.07, 6.45) is 1.39. The van der Waals surface area contributed by atoms with Crippen molar-refractivity contribution < 1.29 is 28.7 Å². The minimum Gasteiger partial charge on any atom is -0.495 e. The van der Waals surface area contributed by atoms with Crippen molar-refractivity contribution in [3.05, 3.63) is 87.4 Å². The van der Waals surface area contributed by atoms with E-state index in [1.165, 1.54) is 13.2 Å². The lowest BCUT2D eigenvalue weighted by molar-refractivity contribution is -0.122. The van der Waals surface area contributed by atoms with Crippen molar-refractivity contribution >= 4 is 57.1 Å². The molecule has 3 aromatic rings. The van der Waals surface area contributed by atoms with Crippen molar-refractivity contribution in [1.82, 2.24) is 5.32 Å². The standard InChI is InChI=1S/C28H24BrN3O6/c1-16-8-10-19(12-17(16)2)32-27(35)20(26(34)31-28(32)36)13-18-9-11-23(21(29)14-18)38-15-25(33)30-22-6-4-5-7-24(22)37-3/h4-14H,15H2,1-3H3,(H,30,33)(H,31,34,36)/b20-13-. The molecule has 3 aromatic carbocycles. The summed E-state index contributed by atoms with van der Waals surface area (Å²) in [6, 6.07) is 16.2. The van der Waals surface area contributed by atoms with Crippen molar-refractivity contribution in [2.24, 2.45) is 0 Å². The molecule has 1 aliphatic rings. The van der Waals surface area contributed by atoms with Crippen LogP contribution in [0.25, 0.3) is 6.08 Å². The van der Waals surface area contributed by atoms with Crippen molar-refractivity contribution in [2.45, 2.75) is 13.8 Å². The number of imide groups is 2. The first kappa shape index (κ1) is 26.6.